The summed E-state index contributed by atoms with van der Waals surface area (Å²) in [6, 6.07) is 5.21. The van der Waals surface area contributed by atoms with E-state index in [0.29, 0.717) is 30.3 Å². The smallest absolute Gasteiger partial charge is 0.231 e. The van der Waals surface area contributed by atoms with E-state index in [9.17, 15) is 9.59 Å². The third-order valence-electron chi connectivity index (χ3n) is 4.11. The monoisotopic (exact) mass is 320 g/mol. The fourth-order valence-corrected chi connectivity index (χ4v) is 2.88. The van der Waals surface area contributed by atoms with Gasteiger partial charge >= 0.3 is 0 Å². The van der Waals surface area contributed by atoms with Crippen molar-refractivity contribution < 1.29 is 23.8 Å². The van der Waals surface area contributed by atoms with E-state index < -0.39 is 0 Å². The Bertz CT molecular complexity index is 618. The lowest BCUT2D eigenvalue weighted by Gasteiger charge is -2.23. The van der Waals surface area contributed by atoms with Gasteiger partial charge in [0.2, 0.25) is 18.6 Å². The number of methoxy groups -OCH3 is 1. The number of nitrogens with zero attached hydrogens (tertiary/aromatic N) is 1. The molecule has 7 nitrogen and oxygen atoms in total. The topological polar surface area (TPSA) is 77.1 Å². The van der Waals surface area contributed by atoms with Crippen LogP contribution in [0.15, 0.2) is 18.2 Å². The van der Waals surface area contributed by atoms with Crippen LogP contribution in [0.25, 0.3) is 0 Å². The van der Waals surface area contributed by atoms with Crippen molar-refractivity contribution in [1.82, 2.24) is 4.90 Å². The summed E-state index contributed by atoms with van der Waals surface area (Å²) >= 11 is 0. The molecule has 2 heterocycles. The minimum Gasteiger partial charge on any atom is -0.454 e. The van der Waals surface area contributed by atoms with Crippen LogP contribution >= 0.6 is 0 Å². The van der Waals surface area contributed by atoms with Crippen molar-refractivity contribution in [1.29, 1.82) is 0 Å². The molecule has 2 aliphatic heterocycles. The van der Waals surface area contributed by atoms with E-state index in [4.69, 9.17) is 14.2 Å². The molecule has 0 spiro atoms. The Kier molecular flexibility index (Phi) is 4.38. The van der Waals surface area contributed by atoms with Gasteiger partial charge in [0.15, 0.2) is 11.5 Å². The lowest BCUT2D eigenvalue weighted by Crippen LogP contribution is -2.38. The van der Waals surface area contributed by atoms with E-state index in [1.165, 1.54) is 0 Å². The summed E-state index contributed by atoms with van der Waals surface area (Å²) in [5, 5.41) is 2.84. The molecule has 23 heavy (non-hydrogen) atoms. The average molecular weight is 320 g/mol. The molecule has 2 atom stereocenters. The van der Waals surface area contributed by atoms with Gasteiger partial charge in [-0.3, -0.25) is 9.59 Å². The predicted molar refractivity (Wildman–Crippen MR) is 82.4 cm³/mol. The van der Waals surface area contributed by atoms with E-state index in [2.05, 4.69) is 5.32 Å². The van der Waals surface area contributed by atoms with E-state index in [0.717, 1.165) is 0 Å². The molecule has 0 aromatic heterocycles. The van der Waals surface area contributed by atoms with Crippen LogP contribution in [-0.4, -0.2) is 49.8 Å². The highest BCUT2D eigenvalue weighted by Gasteiger charge is 2.36. The molecule has 3 rings (SSSR count). The van der Waals surface area contributed by atoms with Gasteiger partial charge in [-0.2, -0.15) is 0 Å². The number of anilines is 1. The van der Waals surface area contributed by atoms with Crippen LogP contribution in [0, 0.1) is 5.92 Å². The van der Waals surface area contributed by atoms with Crippen molar-refractivity contribution in [2.45, 2.75) is 19.4 Å². The molecular weight excluding hydrogens is 300 g/mol. The van der Waals surface area contributed by atoms with Crippen molar-refractivity contribution in [3.63, 3.8) is 0 Å². The van der Waals surface area contributed by atoms with Crippen LogP contribution in [0.2, 0.25) is 0 Å². The normalized spacial score (nSPS) is 20.7. The van der Waals surface area contributed by atoms with Gasteiger partial charge < -0.3 is 24.4 Å². The number of carbonyl (C=O) groups excluding carboxylic acids is 2. The largest absolute Gasteiger partial charge is 0.454 e. The predicted octanol–water partition coefficient (Wildman–Crippen LogP) is 1.24. The van der Waals surface area contributed by atoms with Crippen LogP contribution in [-0.2, 0) is 14.3 Å². The minimum atomic E-state index is -0.354. The van der Waals surface area contributed by atoms with Gasteiger partial charge in [-0.25, -0.2) is 0 Å². The molecule has 1 aromatic rings. The Labute approximate surface area is 134 Å². The summed E-state index contributed by atoms with van der Waals surface area (Å²) < 4.78 is 15.6. The Morgan fingerprint density at radius 1 is 1.43 bits per heavy atom. The van der Waals surface area contributed by atoms with E-state index in [1.54, 1.807) is 30.2 Å². The fraction of sp³-hybridized carbons (Fsp3) is 0.500. The third-order valence-corrected chi connectivity index (χ3v) is 4.11. The highest BCUT2D eigenvalue weighted by Crippen LogP contribution is 2.34. The maximum atomic E-state index is 12.4. The number of benzene rings is 1. The van der Waals surface area contributed by atoms with Crippen molar-refractivity contribution >= 4 is 17.5 Å². The van der Waals surface area contributed by atoms with Crippen LogP contribution in [0.5, 0.6) is 11.5 Å². The maximum absolute atomic E-state index is 12.4. The molecule has 1 fully saturated rings. The molecule has 7 heteroatoms. The second-order valence-electron chi connectivity index (χ2n) is 5.81. The molecule has 1 aromatic carbocycles. The highest BCUT2D eigenvalue weighted by atomic mass is 16.7. The second kappa shape index (κ2) is 6.45. The van der Waals surface area contributed by atoms with Crippen LogP contribution in [0.3, 0.4) is 0 Å². The number of hydrogen-bond acceptors (Lipinski definition) is 5. The van der Waals surface area contributed by atoms with Gasteiger partial charge in [-0.15, -0.1) is 0 Å². The van der Waals surface area contributed by atoms with Crippen molar-refractivity contribution in [2.24, 2.45) is 5.92 Å². The first-order chi connectivity index (χ1) is 11.1. The summed E-state index contributed by atoms with van der Waals surface area (Å²) in [6.07, 6.45) is 0.227. The van der Waals surface area contributed by atoms with Crippen LogP contribution in [0.4, 0.5) is 5.69 Å². The van der Waals surface area contributed by atoms with E-state index in [1.807, 2.05) is 6.92 Å². The Morgan fingerprint density at radius 2 is 2.22 bits per heavy atom. The van der Waals surface area contributed by atoms with Gasteiger partial charge in [0.1, 0.15) is 0 Å². The van der Waals surface area contributed by atoms with E-state index >= 15 is 0 Å². The summed E-state index contributed by atoms with van der Waals surface area (Å²) in [4.78, 5) is 26.2. The number of fused-ring (bicyclic) bond motifs is 1. The zero-order chi connectivity index (χ0) is 16.4. The number of nitrogens with one attached hydrogen (secondary N) is 1. The Morgan fingerprint density at radius 3 is 3.00 bits per heavy atom. The zero-order valence-electron chi connectivity index (χ0n) is 13.2. The molecule has 0 bridgehead atoms. The van der Waals surface area contributed by atoms with Gasteiger partial charge in [0.25, 0.3) is 0 Å². The van der Waals surface area contributed by atoms with Gasteiger partial charge in [0.05, 0.1) is 18.6 Å². The number of likely N-dealkylation sites (tertiary alicyclic amines) is 1. The Balaban J connectivity index is 1.62. The molecule has 2 aliphatic rings. The Hall–Kier alpha value is -2.28. The lowest BCUT2D eigenvalue weighted by molar-refractivity contribution is -0.130. The number of carbonyl (C=O) groups is 2. The average Bonchev–Trinajstić information content (AvgIpc) is 3.13. The molecule has 0 aliphatic carbocycles. The van der Waals surface area contributed by atoms with Crippen LogP contribution in [0.1, 0.15) is 13.3 Å². The lowest BCUT2D eigenvalue weighted by atomic mass is 10.1. The van der Waals surface area contributed by atoms with Crippen molar-refractivity contribution in [2.75, 3.05) is 32.4 Å². The van der Waals surface area contributed by atoms with Crippen LogP contribution < -0.4 is 14.8 Å². The number of rotatable bonds is 5. The molecular formula is C16H20N2O5. The molecule has 1 saturated heterocycles. The number of amides is 2. The molecule has 2 amide bonds. The standard InChI is InChI=1S/C16H20N2O5/c1-10(8-21-2)18-7-11(5-15(18)19)16(20)17-12-3-4-13-14(6-12)23-9-22-13/h3-4,6,10-11H,5,7-9H2,1-2H3,(H,17,20)/t10-,11-/m0/s1. The minimum absolute atomic E-state index is 0.0135. The third kappa shape index (κ3) is 3.24. The summed E-state index contributed by atoms with van der Waals surface area (Å²) in [5.41, 5.74) is 0.634. The molecule has 1 N–H and O–H groups in total. The van der Waals surface area contributed by atoms with Gasteiger partial charge in [-0.1, -0.05) is 0 Å². The van der Waals surface area contributed by atoms with Crippen molar-refractivity contribution in [3.8, 4) is 11.5 Å². The highest BCUT2D eigenvalue weighted by molar-refractivity contribution is 5.97. The molecule has 0 unspecified atom stereocenters. The number of hydrogen-bond donors (Lipinski definition) is 1. The van der Waals surface area contributed by atoms with Gasteiger partial charge in [0, 0.05) is 31.8 Å². The zero-order valence-corrected chi connectivity index (χ0v) is 13.2. The maximum Gasteiger partial charge on any atom is 0.231 e. The van der Waals surface area contributed by atoms with Crippen molar-refractivity contribution in [3.05, 3.63) is 18.2 Å². The summed E-state index contributed by atoms with van der Waals surface area (Å²) in [6.45, 7) is 2.98. The van der Waals surface area contributed by atoms with E-state index in [-0.39, 0.29) is 37.0 Å². The number of ether oxygens (including phenoxy) is 3. The summed E-state index contributed by atoms with van der Waals surface area (Å²) in [7, 11) is 1.60. The first-order valence-electron chi connectivity index (χ1n) is 7.57. The molecule has 0 saturated carbocycles. The summed E-state index contributed by atoms with van der Waals surface area (Å²) in [5.74, 6) is 0.746. The first kappa shape index (κ1) is 15.6. The van der Waals surface area contributed by atoms with Gasteiger partial charge in [-0.05, 0) is 19.1 Å². The molecule has 124 valence electrons. The SMILES string of the molecule is COC[C@H](C)N1C[C@@H](C(=O)Nc2ccc3c(c2)OCO3)CC1=O. The second-order valence-corrected chi connectivity index (χ2v) is 5.81. The fourth-order valence-electron chi connectivity index (χ4n) is 2.88. The molecule has 0 radical (unpaired) electrons. The first-order valence-corrected chi connectivity index (χ1v) is 7.57. The quantitative estimate of drug-likeness (QED) is 0.883.